The van der Waals surface area contributed by atoms with Crippen LogP contribution in [0, 0.1) is 0 Å². The quantitative estimate of drug-likeness (QED) is 0.821. The van der Waals surface area contributed by atoms with E-state index >= 15 is 0 Å². The predicted molar refractivity (Wildman–Crippen MR) is 59.6 cm³/mol. The van der Waals surface area contributed by atoms with Gasteiger partial charge in [-0.05, 0) is 23.6 Å². The number of aromatic hydroxyl groups is 2. The standard InChI is InChI=1S/C11H10O3S/c1-14-8-5-4-7(12)10(11(8)13)9-3-2-6-15-9/h2-6,12-13H,1H3. The Hall–Kier alpha value is -1.68. The Labute approximate surface area is 91.2 Å². The van der Waals surface area contributed by atoms with Crippen LogP contribution in [0.1, 0.15) is 0 Å². The summed E-state index contributed by atoms with van der Waals surface area (Å²) in [6.45, 7) is 0. The van der Waals surface area contributed by atoms with Crippen molar-refractivity contribution < 1.29 is 14.9 Å². The number of hydrogen-bond acceptors (Lipinski definition) is 4. The molecule has 0 unspecified atom stereocenters. The minimum atomic E-state index is -0.0278. The Balaban J connectivity index is 2.64. The summed E-state index contributed by atoms with van der Waals surface area (Å²) in [5.74, 6) is 0.381. The summed E-state index contributed by atoms with van der Waals surface area (Å²) in [4.78, 5) is 0.809. The summed E-state index contributed by atoms with van der Waals surface area (Å²) in [7, 11) is 1.48. The normalized spacial score (nSPS) is 10.2. The Bertz CT molecular complexity index is 463. The molecule has 0 aliphatic rings. The van der Waals surface area contributed by atoms with E-state index in [-0.39, 0.29) is 11.5 Å². The van der Waals surface area contributed by atoms with Crippen molar-refractivity contribution in [1.29, 1.82) is 0 Å². The lowest BCUT2D eigenvalue weighted by molar-refractivity contribution is 0.371. The third-order valence-electron chi connectivity index (χ3n) is 2.11. The van der Waals surface area contributed by atoms with E-state index in [2.05, 4.69) is 0 Å². The molecule has 2 aromatic rings. The van der Waals surface area contributed by atoms with Crippen LogP contribution < -0.4 is 4.74 Å². The van der Waals surface area contributed by atoms with Crippen LogP contribution >= 0.6 is 11.3 Å². The fourth-order valence-corrected chi connectivity index (χ4v) is 2.17. The number of rotatable bonds is 2. The molecule has 3 nitrogen and oxygen atoms in total. The highest BCUT2D eigenvalue weighted by atomic mass is 32.1. The maximum Gasteiger partial charge on any atom is 0.170 e. The number of benzene rings is 1. The van der Waals surface area contributed by atoms with Crippen LogP contribution in [0.2, 0.25) is 0 Å². The Morgan fingerprint density at radius 1 is 1.20 bits per heavy atom. The first-order chi connectivity index (χ1) is 7.24. The van der Waals surface area contributed by atoms with Gasteiger partial charge in [0.2, 0.25) is 0 Å². The van der Waals surface area contributed by atoms with Gasteiger partial charge in [-0.15, -0.1) is 11.3 Å². The molecule has 1 heterocycles. The van der Waals surface area contributed by atoms with Crippen LogP contribution in [0.25, 0.3) is 10.4 Å². The van der Waals surface area contributed by atoms with Crippen LogP contribution in [0.4, 0.5) is 0 Å². The number of thiophene rings is 1. The first-order valence-electron chi connectivity index (χ1n) is 4.37. The van der Waals surface area contributed by atoms with Gasteiger partial charge in [-0.1, -0.05) is 6.07 Å². The largest absolute Gasteiger partial charge is 0.507 e. The maximum absolute atomic E-state index is 9.86. The van der Waals surface area contributed by atoms with E-state index in [4.69, 9.17) is 4.74 Å². The lowest BCUT2D eigenvalue weighted by atomic mass is 10.1. The summed E-state index contributed by atoms with van der Waals surface area (Å²) >= 11 is 1.45. The van der Waals surface area contributed by atoms with Gasteiger partial charge in [0.1, 0.15) is 5.75 Å². The molecule has 0 radical (unpaired) electrons. The Kier molecular flexibility index (Phi) is 2.51. The van der Waals surface area contributed by atoms with Crippen LogP contribution in [-0.4, -0.2) is 17.3 Å². The molecular formula is C11H10O3S. The van der Waals surface area contributed by atoms with Gasteiger partial charge in [-0.3, -0.25) is 0 Å². The average molecular weight is 222 g/mol. The topological polar surface area (TPSA) is 49.7 Å². The van der Waals surface area contributed by atoms with Crippen LogP contribution in [0.5, 0.6) is 17.2 Å². The number of methoxy groups -OCH3 is 1. The fraction of sp³-hybridized carbons (Fsp3) is 0.0909. The Morgan fingerprint density at radius 2 is 2.00 bits per heavy atom. The highest BCUT2D eigenvalue weighted by Gasteiger charge is 2.15. The van der Waals surface area contributed by atoms with Crippen molar-refractivity contribution in [3.63, 3.8) is 0 Å². The lowest BCUT2D eigenvalue weighted by Gasteiger charge is -2.09. The van der Waals surface area contributed by atoms with E-state index in [1.807, 2.05) is 17.5 Å². The van der Waals surface area contributed by atoms with Gasteiger partial charge < -0.3 is 14.9 Å². The SMILES string of the molecule is COc1ccc(O)c(-c2cccs2)c1O. The van der Waals surface area contributed by atoms with Gasteiger partial charge in [0.05, 0.1) is 12.7 Å². The zero-order valence-electron chi connectivity index (χ0n) is 8.10. The van der Waals surface area contributed by atoms with Crippen LogP contribution in [-0.2, 0) is 0 Å². The zero-order chi connectivity index (χ0) is 10.8. The molecule has 0 spiro atoms. The molecule has 0 saturated heterocycles. The highest BCUT2D eigenvalue weighted by Crippen LogP contribution is 2.44. The summed E-state index contributed by atoms with van der Waals surface area (Å²) in [6.07, 6.45) is 0. The molecule has 0 aliphatic carbocycles. The van der Waals surface area contributed by atoms with Crippen molar-refractivity contribution in [2.24, 2.45) is 0 Å². The molecule has 1 aromatic carbocycles. The fourth-order valence-electron chi connectivity index (χ4n) is 1.39. The molecule has 0 saturated carbocycles. The lowest BCUT2D eigenvalue weighted by Crippen LogP contribution is -1.85. The molecule has 0 amide bonds. The zero-order valence-corrected chi connectivity index (χ0v) is 8.91. The van der Waals surface area contributed by atoms with E-state index in [0.29, 0.717) is 11.3 Å². The molecular weight excluding hydrogens is 212 g/mol. The van der Waals surface area contributed by atoms with Gasteiger partial charge in [-0.25, -0.2) is 0 Å². The monoisotopic (exact) mass is 222 g/mol. The second-order valence-corrected chi connectivity index (χ2v) is 3.94. The van der Waals surface area contributed by atoms with Gasteiger partial charge in [-0.2, -0.15) is 0 Å². The van der Waals surface area contributed by atoms with E-state index in [1.54, 1.807) is 0 Å². The van der Waals surface area contributed by atoms with Crippen molar-refractivity contribution in [1.82, 2.24) is 0 Å². The molecule has 2 N–H and O–H groups in total. The predicted octanol–water partition coefficient (Wildman–Crippen LogP) is 2.83. The number of hydrogen-bond donors (Lipinski definition) is 2. The second-order valence-electron chi connectivity index (χ2n) is 2.99. The first-order valence-corrected chi connectivity index (χ1v) is 5.25. The number of phenols is 2. The molecule has 1 aromatic heterocycles. The van der Waals surface area contributed by atoms with E-state index in [0.717, 1.165) is 4.88 Å². The van der Waals surface area contributed by atoms with Crippen LogP contribution in [0.15, 0.2) is 29.6 Å². The molecule has 0 atom stereocenters. The molecule has 0 aliphatic heterocycles. The smallest absolute Gasteiger partial charge is 0.170 e. The average Bonchev–Trinajstić information content (AvgIpc) is 2.71. The molecule has 4 heteroatoms. The third kappa shape index (κ3) is 1.64. The maximum atomic E-state index is 9.86. The summed E-state index contributed by atoms with van der Waals surface area (Å²) in [5.41, 5.74) is 0.421. The molecule has 15 heavy (non-hydrogen) atoms. The molecule has 78 valence electrons. The minimum Gasteiger partial charge on any atom is -0.507 e. The molecule has 0 bridgehead atoms. The van der Waals surface area contributed by atoms with Gasteiger partial charge in [0.25, 0.3) is 0 Å². The summed E-state index contributed by atoms with van der Waals surface area (Å²) < 4.78 is 4.98. The second kappa shape index (κ2) is 3.82. The first kappa shape index (κ1) is 9.86. The molecule has 0 fully saturated rings. The highest BCUT2D eigenvalue weighted by molar-refractivity contribution is 7.13. The van der Waals surface area contributed by atoms with Crippen molar-refractivity contribution in [3.05, 3.63) is 29.6 Å². The van der Waals surface area contributed by atoms with E-state index in [1.165, 1.54) is 30.6 Å². The van der Waals surface area contributed by atoms with Gasteiger partial charge >= 0.3 is 0 Å². The van der Waals surface area contributed by atoms with Gasteiger partial charge in [0.15, 0.2) is 11.5 Å². The van der Waals surface area contributed by atoms with Gasteiger partial charge in [0, 0.05) is 4.88 Å². The number of phenolic OH excluding ortho intramolecular Hbond substituents is 2. The number of ether oxygens (including phenoxy) is 1. The minimum absolute atomic E-state index is 0.0278. The third-order valence-corrected chi connectivity index (χ3v) is 2.99. The summed E-state index contributed by atoms with van der Waals surface area (Å²) in [6, 6.07) is 6.73. The van der Waals surface area contributed by atoms with Crippen molar-refractivity contribution in [2.45, 2.75) is 0 Å². The van der Waals surface area contributed by atoms with Crippen molar-refractivity contribution >= 4 is 11.3 Å². The van der Waals surface area contributed by atoms with E-state index < -0.39 is 0 Å². The van der Waals surface area contributed by atoms with E-state index in [9.17, 15) is 10.2 Å². The Morgan fingerprint density at radius 3 is 2.60 bits per heavy atom. The van der Waals surface area contributed by atoms with Crippen molar-refractivity contribution in [2.75, 3.05) is 7.11 Å². The van der Waals surface area contributed by atoms with Crippen LogP contribution in [0.3, 0.4) is 0 Å². The summed E-state index contributed by atoms with van der Waals surface area (Å²) in [5, 5.41) is 21.4. The molecule has 2 rings (SSSR count). The van der Waals surface area contributed by atoms with Crippen molar-refractivity contribution in [3.8, 4) is 27.7 Å².